The van der Waals surface area contributed by atoms with Gasteiger partial charge in [-0.15, -0.1) is 0 Å². The SMILES string of the molecule is ON=Cc1ccccc1O.ON=Cc1ccccc1O.[Mn+2]. The maximum atomic E-state index is 9.04. The van der Waals surface area contributed by atoms with Gasteiger partial charge in [-0.25, -0.2) is 0 Å². The molecule has 109 valence electrons. The van der Waals surface area contributed by atoms with Crippen LogP contribution in [-0.4, -0.2) is 33.1 Å². The number of rotatable bonds is 2. The minimum absolute atomic E-state index is 0. The molecule has 0 bridgehead atoms. The van der Waals surface area contributed by atoms with Gasteiger partial charge in [0.2, 0.25) is 0 Å². The molecule has 0 saturated heterocycles. The largest absolute Gasteiger partial charge is 2.00 e. The molecule has 0 unspecified atom stereocenters. The Morgan fingerprint density at radius 2 is 1.00 bits per heavy atom. The summed E-state index contributed by atoms with van der Waals surface area (Å²) in [6, 6.07) is 13.2. The Morgan fingerprint density at radius 3 is 1.29 bits per heavy atom. The van der Waals surface area contributed by atoms with Gasteiger partial charge in [-0.2, -0.15) is 0 Å². The Labute approximate surface area is 132 Å². The van der Waals surface area contributed by atoms with E-state index in [4.69, 9.17) is 20.6 Å². The molecule has 0 atom stereocenters. The summed E-state index contributed by atoms with van der Waals surface area (Å²) in [5.41, 5.74) is 1.01. The molecule has 6 nitrogen and oxygen atoms in total. The summed E-state index contributed by atoms with van der Waals surface area (Å²) in [4.78, 5) is 0. The van der Waals surface area contributed by atoms with Gasteiger partial charge in [-0.3, -0.25) is 0 Å². The van der Waals surface area contributed by atoms with E-state index in [1.165, 1.54) is 24.6 Å². The Balaban J connectivity index is 0.000000364. The summed E-state index contributed by atoms with van der Waals surface area (Å²) < 4.78 is 0. The van der Waals surface area contributed by atoms with Crippen molar-refractivity contribution in [3.8, 4) is 11.5 Å². The molecule has 2 aromatic carbocycles. The fourth-order valence-corrected chi connectivity index (χ4v) is 1.32. The number of benzene rings is 2. The quantitative estimate of drug-likeness (QED) is 0.294. The molecule has 0 aliphatic rings. The van der Waals surface area contributed by atoms with Crippen LogP contribution in [0.15, 0.2) is 58.8 Å². The van der Waals surface area contributed by atoms with Gasteiger partial charge in [0.15, 0.2) is 0 Å². The van der Waals surface area contributed by atoms with Gasteiger partial charge < -0.3 is 20.6 Å². The van der Waals surface area contributed by atoms with Gasteiger partial charge >= 0.3 is 17.1 Å². The second-order valence-corrected chi connectivity index (χ2v) is 3.61. The Morgan fingerprint density at radius 1 is 0.667 bits per heavy atom. The molecule has 0 aliphatic carbocycles. The molecule has 2 aromatic rings. The monoisotopic (exact) mass is 329 g/mol. The maximum Gasteiger partial charge on any atom is 2.00 e. The molecule has 0 heterocycles. The Hall–Kier alpha value is -2.50. The van der Waals surface area contributed by atoms with E-state index in [-0.39, 0.29) is 28.6 Å². The van der Waals surface area contributed by atoms with Gasteiger partial charge in [0.1, 0.15) is 11.5 Å². The number of hydrogen-bond acceptors (Lipinski definition) is 6. The van der Waals surface area contributed by atoms with Crippen molar-refractivity contribution in [2.75, 3.05) is 0 Å². The molecule has 4 N–H and O–H groups in total. The molecule has 2 rings (SSSR count). The molecule has 0 aromatic heterocycles. The third-order valence-electron chi connectivity index (χ3n) is 2.27. The van der Waals surface area contributed by atoms with E-state index in [9.17, 15) is 0 Å². The molecular weight excluding hydrogens is 315 g/mol. The zero-order chi connectivity index (χ0) is 14.8. The average Bonchev–Trinajstić information content (AvgIpc) is 2.45. The molecule has 0 aliphatic heterocycles. The van der Waals surface area contributed by atoms with Crippen LogP contribution in [0.3, 0.4) is 0 Å². The zero-order valence-electron chi connectivity index (χ0n) is 10.8. The van der Waals surface area contributed by atoms with E-state index in [0.29, 0.717) is 11.1 Å². The van der Waals surface area contributed by atoms with Crippen LogP contribution in [-0.2, 0) is 17.1 Å². The summed E-state index contributed by atoms with van der Waals surface area (Å²) in [5, 5.41) is 39.8. The van der Waals surface area contributed by atoms with Crippen LogP contribution in [0.25, 0.3) is 0 Å². The predicted molar refractivity (Wildman–Crippen MR) is 75.0 cm³/mol. The van der Waals surface area contributed by atoms with Crippen LogP contribution in [0.4, 0.5) is 0 Å². The summed E-state index contributed by atoms with van der Waals surface area (Å²) >= 11 is 0. The Kier molecular flexibility index (Phi) is 9.08. The van der Waals surface area contributed by atoms with Crippen LogP contribution in [0.5, 0.6) is 11.5 Å². The Bertz CT molecular complexity index is 550. The number of para-hydroxylation sites is 2. The van der Waals surface area contributed by atoms with Crippen molar-refractivity contribution in [1.29, 1.82) is 0 Å². The van der Waals surface area contributed by atoms with Crippen LogP contribution in [0, 0.1) is 0 Å². The molecule has 0 fully saturated rings. The molecule has 0 amide bonds. The van der Waals surface area contributed by atoms with Gasteiger partial charge in [-0.05, 0) is 24.3 Å². The number of phenols is 2. The average molecular weight is 329 g/mol. The first-order valence-corrected chi connectivity index (χ1v) is 5.60. The fourth-order valence-electron chi connectivity index (χ4n) is 1.32. The van der Waals surface area contributed by atoms with Gasteiger partial charge in [0, 0.05) is 11.1 Å². The molecule has 21 heavy (non-hydrogen) atoms. The summed E-state index contributed by atoms with van der Waals surface area (Å²) in [5.74, 6) is 0.223. The number of aromatic hydroxyl groups is 2. The van der Waals surface area contributed by atoms with E-state index >= 15 is 0 Å². The van der Waals surface area contributed by atoms with E-state index in [1.54, 1.807) is 36.4 Å². The first-order valence-electron chi connectivity index (χ1n) is 5.60. The minimum atomic E-state index is 0. The van der Waals surface area contributed by atoms with E-state index < -0.39 is 0 Å². The van der Waals surface area contributed by atoms with E-state index in [2.05, 4.69) is 10.3 Å². The molecule has 7 heteroatoms. The zero-order valence-corrected chi connectivity index (χ0v) is 12.0. The first-order chi connectivity index (χ1) is 9.69. The number of phenolic OH excluding ortho intramolecular Hbond substituents is 2. The third kappa shape index (κ3) is 6.47. The number of hydrogen-bond donors (Lipinski definition) is 4. The maximum absolute atomic E-state index is 9.04. The fraction of sp³-hybridized carbons (Fsp3) is 0. The van der Waals surface area contributed by atoms with Crippen LogP contribution in [0.2, 0.25) is 0 Å². The number of oxime groups is 2. The van der Waals surface area contributed by atoms with Gasteiger partial charge in [0.05, 0.1) is 12.4 Å². The van der Waals surface area contributed by atoms with Gasteiger partial charge in [0.25, 0.3) is 0 Å². The minimum Gasteiger partial charge on any atom is -0.507 e. The van der Waals surface area contributed by atoms with Crippen molar-refractivity contribution < 1.29 is 37.7 Å². The smallest absolute Gasteiger partial charge is 0.507 e. The number of nitrogens with zero attached hydrogens (tertiary/aromatic N) is 2. The van der Waals surface area contributed by atoms with Crippen molar-refractivity contribution in [2.45, 2.75) is 0 Å². The third-order valence-corrected chi connectivity index (χ3v) is 2.27. The van der Waals surface area contributed by atoms with Gasteiger partial charge in [-0.1, -0.05) is 34.6 Å². The van der Waals surface area contributed by atoms with Crippen molar-refractivity contribution in [1.82, 2.24) is 0 Å². The summed E-state index contributed by atoms with van der Waals surface area (Å²) in [6.07, 6.45) is 2.35. The van der Waals surface area contributed by atoms with E-state index in [1.807, 2.05) is 0 Å². The second-order valence-electron chi connectivity index (χ2n) is 3.61. The first kappa shape index (κ1) is 18.5. The second kappa shape index (κ2) is 10.3. The van der Waals surface area contributed by atoms with E-state index in [0.717, 1.165) is 0 Å². The van der Waals surface area contributed by atoms with Crippen molar-refractivity contribution in [2.24, 2.45) is 10.3 Å². The standard InChI is InChI=1S/2C7H7NO2.Mn/c2*9-7-4-2-1-3-6(7)5-8-10;/h2*1-5,9-10H;/q;;+2. The summed E-state index contributed by atoms with van der Waals surface area (Å²) in [6.45, 7) is 0. The molecule has 1 radical (unpaired) electrons. The van der Waals surface area contributed by atoms with Crippen molar-refractivity contribution in [3.05, 3.63) is 59.7 Å². The van der Waals surface area contributed by atoms with Crippen LogP contribution < -0.4 is 0 Å². The normalized spacial score (nSPS) is 9.90. The van der Waals surface area contributed by atoms with Crippen LogP contribution in [0.1, 0.15) is 11.1 Å². The van der Waals surface area contributed by atoms with Crippen molar-refractivity contribution in [3.63, 3.8) is 0 Å². The topological polar surface area (TPSA) is 106 Å². The molecular formula is C14H14MnN2O4+2. The molecule has 0 spiro atoms. The van der Waals surface area contributed by atoms with Crippen LogP contribution >= 0.6 is 0 Å². The molecule has 0 saturated carbocycles. The predicted octanol–water partition coefficient (Wildman–Crippen LogP) is 2.40. The van der Waals surface area contributed by atoms with Crippen molar-refractivity contribution >= 4 is 12.4 Å². The summed E-state index contributed by atoms with van der Waals surface area (Å²) in [7, 11) is 0.